The van der Waals surface area contributed by atoms with E-state index in [1.165, 1.54) is 17.0 Å². The molecular formula is C14H20N2O3. The number of primary amides is 1. The molecule has 0 fully saturated rings. The van der Waals surface area contributed by atoms with Gasteiger partial charge >= 0.3 is 0 Å². The number of rotatable bonds is 5. The van der Waals surface area contributed by atoms with Crippen molar-refractivity contribution in [2.45, 2.75) is 20.8 Å². The molecule has 19 heavy (non-hydrogen) atoms. The van der Waals surface area contributed by atoms with Crippen molar-refractivity contribution in [3.05, 3.63) is 29.3 Å². The van der Waals surface area contributed by atoms with Crippen molar-refractivity contribution in [1.29, 1.82) is 0 Å². The van der Waals surface area contributed by atoms with Crippen LogP contribution in [0.1, 0.15) is 29.8 Å². The lowest BCUT2D eigenvalue weighted by Gasteiger charge is -2.24. The first kappa shape index (κ1) is 15.0. The van der Waals surface area contributed by atoms with Crippen molar-refractivity contribution in [2.24, 2.45) is 11.7 Å². The summed E-state index contributed by atoms with van der Waals surface area (Å²) >= 11 is 0. The maximum Gasteiger partial charge on any atom is 0.254 e. The maximum atomic E-state index is 12.4. The van der Waals surface area contributed by atoms with E-state index >= 15 is 0 Å². The normalized spacial score (nSPS) is 10.5. The Hall–Kier alpha value is -2.04. The number of phenols is 1. The summed E-state index contributed by atoms with van der Waals surface area (Å²) in [7, 11) is 0. The first-order chi connectivity index (χ1) is 8.81. The van der Waals surface area contributed by atoms with E-state index < -0.39 is 5.91 Å². The topological polar surface area (TPSA) is 83.6 Å². The number of hydrogen-bond acceptors (Lipinski definition) is 3. The molecule has 0 saturated heterocycles. The van der Waals surface area contributed by atoms with Gasteiger partial charge < -0.3 is 15.7 Å². The first-order valence-corrected chi connectivity index (χ1v) is 6.18. The van der Waals surface area contributed by atoms with Crippen LogP contribution in [-0.2, 0) is 4.79 Å². The van der Waals surface area contributed by atoms with Crippen molar-refractivity contribution in [1.82, 2.24) is 4.90 Å². The average molecular weight is 264 g/mol. The summed E-state index contributed by atoms with van der Waals surface area (Å²) in [4.78, 5) is 24.9. The van der Waals surface area contributed by atoms with Crippen LogP contribution in [0, 0.1) is 12.8 Å². The van der Waals surface area contributed by atoms with E-state index in [4.69, 9.17) is 5.73 Å². The zero-order valence-corrected chi connectivity index (χ0v) is 11.5. The van der Waals surface area contributed by atoms with Crippen molar-refractivity contribution in [3.63, 3.8) is 0 Å². The molecule has 0 aromatic heterocycles. The molecular weight excluding hydrogens is 244 g/mol. The Bertz CT molecular complexity index is 484. The van der Waals surface area contributed by atoms with Gasteiger partial charge in [0.2, 0.25) is 5.91 Å². The molecule has 0 bridgehead atoms. The molecule has 0 saturated carbocycles. The Balaban J connectivity index is 3.00. The summed E-state index contributed by atoms with van der Waals surface area (Å²) in [6.45, 7) is 6.03. The van der Waals surface area contributed by atoms with Crippen LogP contribution in [0.2, 0.25) is 0 Å². The predicted molar refractivity (Wildman–Crippen MR) is 72.8 cm³/mol. The molecule has 0 aliphatic rings. The van der Waals surface area contributed by atoms with Crippen LogP contribution in [0.25, 0.3) is 0 Å². The quantitative estimate of drug-likeness (QED) is 0.840. The molecule has 0 aliphatic heterocycles. The van der Waals surface area contributed by atoms with Crippen LogP contribution in [0.3, 0.4) is 0 Å². The molecule has 1 rings (SSSR count). The fraction of sp³-hybridized carbons (Fsp3) is 0.429. The number of nitrogens with zero attached hydrogens (tertiary/aromatic N) is 1. The second-order valence-electron chi connectivity index (χ2n) is 5.05. The van der Waals surface area contributed by atoms with Crippen molar-refractivity contribution >= 4 is 11.8 Å². The largest absolute Gasteiger partial charge is 0.508 e. The Kier molecular flexibility index (Phi) is 4.92. The number of aryl methyl sites for hydroxylation is 1. The molecule has 0 heterocycles. The molecule has 0 unspecified atom stereocenters. The van der Waals surface area contributed by atoms with E-state index in [1.807, 2.05) is 13.8 Å². The van der Waals surface area contributed by atoms with Crippen LogP contribution in [0.15, 0.2) is 18.2 Å². The van der Waals surface area contributed by atoms with Crippen LogP contribution < -0.4 is 5.73 Å². The lowest BCUT2D eigenvalue weighted by Crippen LogP contribution is -2.40. The Morgan fingerprint density at radius 1 is 1.37 bits per heavy atom. The van der Waals surface area contributed by atoms with Gasteiger partial charge in [-0.2, -0.15) is 0 Å². The van der Waals surface area contributed by atoms with E-state index in [0.29, 0.717) is 17.7 Å². The second kappa shape index (κ2) is 6.22. The fourth-order valence-electron chi connectivity index (χ4n) is 1.91. The molecule has 0 radical (unpaired) electrons. The number of phenolic OH excluding ortho intramolecular Hbond substituents is 1. The van der Waals surface area contributed by atoms with E-state index in [9.17, 15) is 14.7 Å². The molecule has 0 aliphatic carbocycles. The average Bonchev–Trinajstić information content (AvgIpc) is 2.26. The second-order valence-corrected chi connectivity index (χ2v) is 5.05. The monoisotopic (exact) mass is 264 g/mol. The van der Waals surface area contributed by atoms with Crippen LogP contribution >= 0.6 is 0 Å². The maximum absolute atomic E-state index is 12.4. The summed E-state index contributed by atoms with van der Waals surface area (Å²) in [5, 5.41) is 9.35. The zero-order chi connectivity index (χ0) is 14.6. The van der Waals surface area contributed by atoms with E-state index in [0.717, 1.165) is 0 Å². The summed E-state index contributed by atoms with van der Waals surface area (Å²) in [6.07, 6.45) is 0. The Morgan fingerprint density at radius 3 is 2.47 bits per heavy atom. The number of hydrogen-bond donors (Lipinski definition) is 2. The number of carbonyl (C=O) groups is 2. The number of nitrogens with two attached hydrogens (primary N) is 1. The number of carbonyl (C=O) groups excluding carboxylic acids is 2. The molecule has 1 aromatic rings. The lowest BCUT2D eigenvalue weighted by atomic mass is 10.1. The van der Waals surface area contributed by atoms with Crippen molar-refractivity contribution in [3.8, 4) is 5.75 Å². The minimum absolute atomic E-state index is 0.0999. The molecule has 0 spiro atoms. The van der Waals surface area contributed by atoms with Gasteiger partial charge in [0.05, 0.1) is 6.54 Å². The Labute approximate surface area is 113 Å². The van der Waals surface area contributed by atoms with Gasteiger partial charge in [-0.3, -0.25) is 9.59 Å². The summed E-state index contributed by atoms with van der Waals surface area (Å²) < 4.78 is 0. The third kappa shape index (κ3) is 4.28. The fourth-order valence-corrected chi connectivity index (χ4v) is 1.91. The third-order valence-corrected chi connectivity index (χ3v) is 2.66. The first-order valence-electron chi connectivity index (χ1n) is 6.18. The van der Waals surface area contributed by atoms with Crippen LogP contribution in [0.4, 0.5) is 0 Å². The van der Waals surface area contributed by atoms with Crippen molar-refractivity contribution < 1.29 is 14.7 Å². The minimum atomic E-state index is -0.537. The van der Waals surface area contributed by atoms with Gasteiger partial charge in [0, 0.05) is 12.1 Å². The predicted octanol–water partition coefficient (Wildman–Crippen LogP) is 1.28. The number of aromatic hydroxyl groups is 1. The third-order valence-electron chi connectivity index (χ3n) is 2.66. The SMILES string of the molecule is Cc1cc(O)ccc1C(=O)N(CC(N)=O)CC(C)C. The molecule has 2 amide bonds. The number of amides is 2. The highest BCUT2D eigenvalue weighted by Gasteiger charge is 2.20. The van der Waals surface area contributed by atoms with Gasteiger partial charge in [0.25, 0.3) is 5.91 Å². The smallest absolute Gasteiger partial charge is 0.254 e. The standard InChI is InChI=1S/C14H20N2O3/c1-9(2)7-16(8-13(15)18)14(19)12-5-4-11(17)6-10(12)3/h4-6,9,17H,7-8H2,1-3H3,(H2,15,18). The zero-order valence-electron chi connectivity index (χ0n) is 11.5. The van der Waals surface area contributed by atoms with Gasteiger partial charge in [-0.1, -0.05) is 13.8 Å². The van der Waals surface area contributed by atoms with Gasteiger partial charge in [-0.05, 0) is 36.6 Å². The van der Waals surface area contributed by atoms with Crippen molar-refractivity contribution in [2.75, 3.05) is 13.1 Å². The van der Waals surface area contributed by atoms with E-state index in [2.05, 4.69) is 0 Å². The number of benzene rings is 1. The molecule has 5 heteroatoms. The van der Waals surface area contributed by atoms with E-state index in [1.54, 1.807) is 13.0 Å². The summed E-state index contributed by atoms with van der Waals surface area (Å²) in [5.74, 6) is -0.435. The van der Waals surface area contributed by atoms with Gasteiger partial charge in [-0.25, -0.2) is 0 Å². The molecule has 5 nitrogen and oxygen atoms in total. The lowest BCUT2D eigenvalue weighted by molar-refractivity contribution is -0.118. The van der Waals surface area contributed by atoms with Gasteiger partial charge in [-0.15, -0.1) is 0 Å². The highest BCUT2D eigenvalue weighted by molar-refractivity contribution is 5.97. The molecule has 1 aromatic carbocycles. The molecule has 3 N–H and O–H groups in total. The Morgan fingerprint density at radius 2 is 2.00 bits per heavy atom. The summed E-state index contributed by atoms with van der Waals surface area (Å²) in [6, 6.07) is 4.53. The van der Waals surface area contributed by atoms with Gasteiger partial charge in [0.1, 0.15) is 5.75 Å². The molecule has 104 valence electrons. The highest BCUT2D eigenvalue weighted by atomic mass is 16.3. The van der Waals surface area contributed by atoms with E-state index in [-0.39, 0.29) is 24.1 Å². The van der Waals surface area contributed by atoms with Crippen LogP contribution in [0.5, 0.6) is 5.75 Å². The highest BCUT2D eigenvalue weighted by Crippen LogP contribution is 2.17. The molecule has 0 atom stereocenters. The van der Waals surface area contributed by atoms with Gasteiger partial charge in [0.15, 0.2) is 0 Å². The minimum Gasteiger partial charge on any atom is -0.508 e. The van der Waals surface area contributed by atoms with Crippen LogP contribution in [-0.4, -0.2) is 34.9 Å². The summed E-state index contributed by atoms with van der Waals surface area (Å²) in [5.41, 5.74) is 6.32.